The van der Waals surface area contributed by atoms with E-state index < -0.39 is 12.3 Å². The van der Waals surface area contributed by atoms with Gasteiger partial charge < -0.3 is 14.6 Å². The van der Waals surface area contributed by atoms with Crippen molar-refractivity contribution in [3.63, 3.8) is 0 Å². The van der Waals surface area contributed by atoms with Gasteiger partial charge in [-0.25, -0.2) is 4.79 Å². The summed E-state index contributed by atoms with van der Waals surface area (Å²) in [7, 11) is 0. The first-order valence-electron chi connectivity index (χ1n) is 6.27. The molecule has 21 heavy (non-hydrogen) atoms. The Balaban J connectivity index is 2.03. The van der Waals surface area contributed by atoms with Gasteiger partial charge in [0.05, 0.1) is 0 Å². The summed E-state index contributed by atoms with van der Waals surface area (Å²) in [6.45, 7) is 0. The monoisotopic (exact) mass is 346 g/mol. The zero-order valence-corrected chi connectivity index (χ0v) is 12.4. The molecule has 0 saturated heterocycles. The van der Waals surface area contributed by atoms with Crippen molar-refractivity contribution >= 4 is 28.2 Å². The lowest BCUT2D eigenvalue weighted by atomic mass is 10.0. The first kappa shape index (κ1) is 13.7. The lowest BCUT2D eigenvalue weighted by molar-refractivity contribution is 0.0900. The number of carbonyl (C=O) groups is 1. The quantitative estimate of drug-likeness (QED) is 0.806. The van der Waals surface area contributed by atoms with E-state index in [0.717, 1.165) is 15.6 Å². The summed E-state index contributed by atoms with van der Waals surface area (Å²) in [4.78, 5) is 10.9. The Kier molecular flexibility index (Phi) is 3.66. The van der Waals surface area contributed by atoms with Crippen LogP contribution in [0.25, 0.3) is 6.08 Å². The topological polar surface area (TPSA) is 55.8 Å². The molecular weight excluding hydrogens is 336 g/mol. The fourth-order valence-electron chi connectivity index (χ4n) is 2.17. The predicted octanol–water partition coefficient (Wildman–Crippen LogP) is 4.62. The summed E-state index contributed by atoms with van der Waals surface area (Å²) in [6, 6.07) is 14.9. The molecule has 0 spiro atoms. The number of hydrogen-bond acceptors (Lipinski definition) is 3. The number of hydrogen-bond donors (Lipinski definition) is 1. The first-order chi connectivity index (χ1) is 10.1. The summed E-state index contributed by atoms with van der Waals surface area (Å²) >= 11 is 3.37. The van der Waals surface area contributed by atoms with E-state index in [-0.39, 0.29) is 5.76 Å². The van der Waals surface area contributed by atoms with Crippen molar-refractivity contribution in [1.29, 1.82) is 0 Å². The second-order valence-electron chi connectivity index (χ2n) is 4.50. The maximum Gasteiger partial charge on any atom is 0.511 e. The minimum Gasteiger partial charge on any atom is -0.477 e. The predicted molar refractivity (Wildman–Crippen MR) is 81.0 cm³/mol. The van der Waals surface area contributed by atoms with Crippen LogP contribution in [0, 0.1) is 0 Å². The van der Waals surface area contributed by atoms with Crippen LogP contribution in [0.15, 0.2) is 58.8 Å². The molecule has 0 saturated carbocycles. The van der Waals surface area contributed by atoms with Crippen LogP contribution in [0.4, 0.5) is 4.79 Å². The fraction of sp³-hybridized carbons (Fsp3) is 0.0625. The molecule has 0 aliphatic carbocycles. The Morgan fingerprint density at radius 2 is 1.86 bits per heavy atom. The van der Waals surface area contributed by atoms with Crippen LogP contribution in [0.2, 0.25) is 0 Å². The van der Waals surface area contributed by atoms with Crippen molar-refractivity contribution in [2.24, 2.45) is 0 Å². The van der Waals surface area contributed by atoms with Crippen molar-refractivity contribution in [1.82, 2.24) is 0 Å². The van der Waals surface area contributed by atoms with Gasteiger partial charge in [-0.3, -0.25) is 0 Å². The number of halogens is 1. The van der Waals surface area contributed by atoms with E-state index in [1.165, 1.54) is 0 Å². The van der Waals surface area contributed by atoms with Gasteiger partial charge in [0.2, 0.25) is 0 Å². The second kappa shape index (κ2) is 5.61. The molecule has 1 aliphatic rings. The number of fused-ring (bicyclic) bond motifs is 1. The SMILES string of the molecule is O=C(O)OC1=Cc2ccccc2OC1c1ccc(Br)cc1. The van der Waals surface area contributed by atoms with Gasteiger partial charge in [-0.1, -0.05) is 46.3 Å². The molecule has 2 aromatic carbocycles. The van der Waals surface area contributed by atoms with Crippen LogP contribution >= 0.6 is 15.9 Å². The average Bonchev–Trinajstić information content (AvgIpc) is 2.47. The zero-order chi connectivity index (χ0) is 14.8. The van der Waals surface area contributed by atoms with Crippen molar-refractivity contribution in [2.45, 2.75) is 6.10 Å². The van der Waals surface area contributed by atoms with Crippen LogP contribution in [0.5, 0.6) is 5.75 Å². The molecular formula is C16H11BrO4. The van der Waals surface area contributed by atoms with Crippen molar-refractivity contribution in [3.05, 3.63) is 69.9 Å². The van der Waals surface area contributed by atoms with Gasteiger partial charge in [0.25, 0.3) is 0 Å². The van der Waals surface area contributed by atoms with E-state index in [9.17, 15) is 4.79 Å². The Morgan fingerprint density at radius 1 is 1.14 bits per heavy atom. The molecule has 0 bridgehead atoms. The largest absolute Gasteiger partial charge is 0.511 e. The van der Waals surface area contributed by atoms with E-state index >= 15 is 0 Å². The number of benzene rings is 2. The molecule has 0 fully saturated rings. The second-order valence-corrected chi connectivity index (χ2v) is 5.42. The molecule has 0 radical (unpaired) electrons. The normalized spacial score (nSPS) is 16.4. The summed E-state index contributed by atoms with van der Waals surface area (Å²) in [5.74, 6) is 0.951. The highest BCUT2D eigenvalue weighted by Gasteiger charge is 2.27. The van der Waals surface area contributed by atoms with Gasteiger partial charge in [0.15, 0.2) is 11.9 Å². The minimum absolute atomic E-state index is 0.253. The number of ether oxygens (including phenoxy) is 2. The van der Waals surface area contributed by atoms with Gasteiger partial charge >= 0.3 is 6.16 Å². The molecule has 3 rings (SSSR count). The van der Waals surface area contributed by atoms with Gasteiger partial charge in [-0.05, 0) is 24.3 Å². The molecule has 1 atom stereocenters. The van der Waals surface area contributed by atoms with E-state index in [2.05, 4.69) is 15.9 Å². The molecule has 2 aromatic rings. The third kappa shape index (κ3) is 2.92. The number of rotatable bonds is 2. The molecule has 1 N–H and O–H groups in total. The fourth-order valence-corrected chi connectivity index (χ4v) is 2.44. The summed E-state index contributed by atoms with van der Waals surface area (Å²) < 4.78 is 11.7. The van der Waals surface area contributed by atoms with Crippen LogP contribution in [-0.2, 0) is 4.74 Å². The van der Waals surface area contributed by atoms with Gasteiger partial charge in [-0.15, -0.1) is 0 Å². The van der Waals surface area contributed by atoms with Crippen LogP contribution in [0.1, 0.15) is 17.2 Å². The van der Waals surface area contributed by atoms with Crippen molar-refractivity contribution in [3.8, 4) is 5.75 Å². The molecule has 1 unspecified atom stereocenters. The van der Waals surface area contributed by atoms with Crippen molar-refractivity contribution in [2.75, 3.05) is 0 Å². The number of para-hydroxylation sites is 1. The highest BCUT2D eigenvalue weighted by molar-refractivity contribution is 9.10. The smallest absolute Gasteiger partial charge is 0.477 e. The molecule has 4 nitrogen and oxygen atoms in total. The highest BCUT2D eigenvalue weighted by Crippen LogP contribution is 2.37. The average molecular weight is 347 g/mol. The van der Waals surface area contributed by atoms with E-state index in [1.807, 2.05) is 48.5 Å². The molecule has 5 heteroatoms. The van der Waals surface area contributed by atoms with E-state index in [1.54, 1.807) is 6.08 Å². The summed E-state index contributed by atoms with van der Waals surface area (Å²) in [5, 5.41) is 8.90. The summed E-state index contributed by atoms with van der Waals surface area (Å²) in [6.07, 6.45) is -0.241. The van der Waals surface area contributed by atoms with E-state index in [0.29, 0.717) is 5.75 Å². The minimum atomic E-state index is -1.36. The lowest BCUT2D eigenvalue weighted by Crippen LogP contribution is -2.18. The van der Waals surface area contributed by atoms with Crippen LogP contribution < -0.4 is 4.74 Å². The third-order valence-corrected chi connectivity index (χ3v) is 3.63. The van der Waals surface area contributed by atoms with Crippen LogP contribution in [-0.4, -0.2) is 11.3 Å². The highest BCUT2D eigenvalue weighted by atomic mass is 79.9. The zero-order valence-electron chi connectivity index (χ0n) is 10.8. The Morgan fingerprint density at radius 3 is 2.57 bits per heavy atom. The Hall–Kier alpha value is -2.27. The Bertz CT molecular complexity index is 706. The molecule has 106 valence electrons. The maximum atomic E-state index is 10.9. The van der Waals surface area contributed by atoms with Gasteiger partial charge in [0, 0.05) is 15.6 Å². The number of carboxylic acid groups (broad SMARTS) is 1. The standard InChI is InChI=1S/C16H11BrO4/c17-12-7-5-10(6-8-12)15-14(21-16(18)19)9-11-3-1-2-4-13(11)20-15/h1-9,15H,(H,18,19). The van der Waals surface area contributed by atoms with E-state index in [4.69, 9.17) is 14.6 Å². The van der Waals surface area contributed by atoms with Gasteiger partial charge in [-0.2, -0.15) is 0 Å². The molecule has 1 heterocycles. The Labute approximate surface area is 129 Å². The van der Waals surface area contributed by atoms with Crippen molar-refractivity contribution < 1.29 is 19.4 Å². The maximum absolute atomic E-state index is 10.9. The van der Waals surface area contributed by atoms with Gasteiger partial charge in [0.1, 0.15) is 5.75 Å². The molecule has 1 aliphatic heterocycles. The third-order valence-electron chi connectivity index (χ3n) is 3.10. The molecule has 0 amide bonds. The summed E-state index contributed by atoms with van der Waals surface area (Å²) in [5.41, 5.74) is 1.61. The molecule has 0 aromatic heterocycles. The lowest BCUT2D eigenvalue weighted by Gasteiger charge is -2.26. The van der Waals surface area contributed by atoms with Crippen LogP contribution in [0.3, 0.4) is 0 Å². The first-order valence-corrected chi connectivity index (χ1v) is 7.06.